The van der Waals surface area contributed by atoms with Crippen LogP contribution in [0.25, 0.3) is 21.7 Å². The summed E-state index contributed by atoms with van der Waals surface area (Å²) in [5.74, 6) is 1.85. The van der Waals surface area contributed by atoms with Crippen LogP contribution in [0.1, 0.15) is 24.6 Å². The van der Waals surface area contributed by atoms with E-state index in [4.69, 9.17) is 15.2 Å². The fraction of sp³-hybridized carbons (Fsp3) is 0.333. The molecule has 0 bridgehead atoms. The maximum absolute atomic E-state index is 6.21. The molecular weight excluding hydrogens is 304 g/mol. The molecule has 6 nitrogen and oxygen atoms in total. The summed E-state index contributed by atoms with van der Waals surface area (Å²) in [6, 6.07) is 6.22. The van der Waals surface area contributed by atoms with E-state index in [0.717, 1.165) is 46.8 Å². The lowest BCUT2D eigenvalue weighted by Gasteiger charge is -2.14. The van der Waals surface area contributed by atoms with E-state index in [1.54, 1.807) is 20.4 Å². The summed E-state index contributed by atoms with van der Waals surface area (Å²) >= 11 is 0. The Balaban J connectivity index is 2.00. The Labute approximate surface area is 140 Å². The number of benzene rings is 1. The van der Waals surface area contributed by atoms with Gasteiger partial charge in [0, 0.05) is 29.1 Å². The molecule has 1 unspecified atom stereocenters. The minimum Gasteiger partial charge on any atom is -0.493 e. The van der Waals surface area contributed by atoms with Crippen LogP contribution in [0, 0.1) is 0 Å². The highest BCUT2D eigenvalue weighted by atomic mass is 16.5. The third-order valence-electron chi connectivity index (χ3n) is 4.65. The lowest BCUT2D eigenvalue weighted by atomic mass is 10.0. The number of nitrogen functional groups attached to an aromatic ring is 1. The molecule has 4 rings (SSSR count). The Morgan fingerprint density at radius 2 is 1.88 bits per heavy atom. The molecule has 0 radical (unpaired) electrons. The molecule has 0 amide bonds. The first-order valence-corrected chi connectivity index (χ1v) is 8.05. The van der Waals surface area contributed by atoms with Crippen molar-refractivity contribution in [3.63, 3.8) is 0 Å². The van der Waals surface area contributed by atoms with Crippen molar-refractivity contribution >= 4 is 27.5 Å². The fourth-order valence-corrected chi connectivity index (χ4v) is 3.39. The summed E-state index contributed by atoms with van der Waals surface area (Å²) in [4.78, 5) is 9.10. The average Bonchev–Trinajstić information content (AvgIpc) is 3.14. The molecule has 3 N–H and O–H groups in total. The van der Waals surface area contributed by atoms with Gasteiger partial charge >= 0.3 is 0 Å². The quantitative estimate of drug-likeness (QED) is 0.721. The standard InChI is InChI=1S/C18H20N4O2/c1-23-16-7-11-10-6-15(13-4-3-5-20-13)22-18(19)12(10)9-21-14(11)8-17(16)24-2/h6-9,13,20H,3-5H2,1-2H3,(H2,19,22). The number of pyridine rings is 2. The van der Waals surface area contributed by atoms with Gasteiger partial charge in [-0.3, -0.25) is 4.98 Å². The van der Waals surface area contributed by atoms with Gasteiger partial charge in [-0.15, -0.1) is 0 Å². The summed E-state index contributed by atoms with van der Waals surface area (Å²) in [7, 11) is 3.25. The molecule has 3 heterocycles. The topological polar surface area (TPSA) is 82.3 Å². The zero-order chi connectivity index (χ0) is 16.7. The third-order valence-corrected chi connectivity index (χ3v) is 4.65. The zero-order valence-electron chi connectivity index (χ0n) is 13.8. The molecule has 1 fully saturated rings. The number of anilines is 1. The van der Waals surface area contributed by atoms with Gasteiger partial charge in [0.05, 0.1) is 25.4 Å². The number of fused-ring (bicyclic) bond motifs is 3. The van der Waals surface area contributed by atoms with Crippen molar-refractivity contribution in [1.29, 1.82) is 0 Å². The Morgan fingerprint density at radius 3 is 2.58 bits per heavy atom. The molecule has 1 aliphatic heterocycles. The van der Waals surface area contributed by atoms with Gasteiger partial charge in [0.1, 0.15) is 5.82 Å². The van der Waals surface area contributed by atoms with Crippen molar-refractivity contribution in [3.05, 3.63) is 30.1 Å². The Morgan fingerprint density at radius 1 is 1.08 bits per heavy atom. The second kappa shape index (κ2) is 5.79. The van der Waals surface area contributed by atoms with Crippen LogP contribution in [-0.4, -0.2) is 30.7 Å². The number of hydrogen-bond donors (Lipinski definition) is 2. The molecule has 0 spiro atoms. The fourth-order valence-electron chi connectivity index (χ4n) is 3.39. The highest BCUT2D eigenvalue weighted by molar-refractivity contribution is 6.09. The first-order valence-electron chi connectivity index (χ1n) is 8.05. The van der Waals surface area contributed by atoms with Crippen molar-refractivity contribution in [3.8, 4) is 11.5 Å². The van der Waals surface area contributed by atoms with Crippen LogP contribution >= 0.6 is 0 Å². The molecule has 0 saturated carbocycles. The molecular formula is C18H20N4O2. The van der Waals surface area contributed by atoms with Crippen LogP contribution in [0.3, 0.4) is 0 Å². The molecule has 3 aromatic rings. The maximum atomic E-state index is 6.21. The molecule has 1 atom stereocenters. The van der Waals surface area contributed by atoms with Crippen molar-refractivity contribution in [2.45, 2.75) is 18.9 Å². The van der Waals surface area contributed by atoms with Crippen molar-refractivity contribution < 1.29 is 9.47 Å². The molecule has 0 aliphatic carbocycles. The third kappa shape index (κ3) is 2.30. The highest BCUT2D eigenvalue weighted by Gasteiger charge is 2.20. The number of nitrogens with two attached hydrogens (primary N) is 1. The second-order valence-electron chi connectivity index (χ2n) is 6.03. The minimum absolute atomic E-state index is 0.264. The van der Waals surface area contributed by atoms with Gasteiger partial charge in [0.25, 0.3) is 0 Å². The van der Waals surface area contributed by atoms with Gasteiger partial charge in [-0.25, -0.2) is 4.98 Å². The minimum atomic E-state index is 0.264. The number of hydrogen-bond acceptors (Lipinski definition) is 6. The molecule has 24 heavy (non-hydrogen) atoms. The van der Waals surface area contributed by atoms with Crippen molar-refractivity contribution in [2.24, 2.45) is 0 Å². The van der Waals surface area contributed by atoms with E-state index in [0.29, 0.717) is 17.3 Å². The highest BCUT2D eigenvalue weighted by Crippen LogP contribution is 2.36. The van der Waals surface area contributed by atoms with Crippen molar-refractivity contribution in [2.75, 3.05) is 26.5 Å². The first-order chi connectivity index (χ1) is 11.7. The number of rotatable bonds is 3. The average molecular weight is 324 g/mol. The normalized spacial score (nSPS) is 17.5. The van der Waals surface area contributed by atoms with E-state index < -0.39 is 0 Å². The van der Waals surface area contributed by atoms with E-state index in [9.17, 15) is 0 Å². The lowest BCUT2D eigenvalue weighted by molar-refractivity contribution is 0.356. The smallest absolute Gasteiger partial charge is 0.162 e. The Kier molecular flexibility index (Phi) is 3.61. The molecule has 1 aliphatic rings. The zero-order valence-corrected chi connectivity index (χ0v) is 13.8. The first kappa shape index (κ1) is 15.0. The van der Waals surface area contributed by atoms with E-state index in [-0.39, 0.29) is 6.04 Å². The van der Waals surface area contributed by atoms with Gasteiger partial charge in [-0.05, 0) is 36.9 Å². The summed E-state index contributed by atoms with van der Waals surface area (Å²) in [6.07, 6.45) is 4.02. The van der Waals surface area contributed by atoms with Gasteiger partial charge < -0.3 is 20.5 Å². The summed E-state index contributed by atoms with van der Waals surface area (Å²) in [5, 5.41) is 6.36. The van der Waals surface area contributed by atoms with E-state index in [1.165, 1.54) is 0 Å². The number of aromatic nitrogens is 2. The molecule has 1 aromatic carbocycles. The Hall–Kier alpha value is -2.60. The van der Waals surface area contributed by atoms with Gasteiger partial charge in [-0.1, -0.05) is 0 Å². The van der Waals surface area contributed by atoms with E-state index in [1.807, 2.05) is 12.1 Å². The van der Waals surface area contributed by atoms with Crippen LogP contribution in [0.15, 0.2) is 24.4 Å². The van der Waals surface area contributed by atoms with E-state index in [2.05, 4.69) is 21.4 Å². The van der Waals surface area contributed by atoms with Crippen molar-refractivity contribution in [1.82, 2.24) is 15.3 Å². The second-order valence-corrected chi connectivity index (χ2v) is 6.03. The van der Waals surface area contributed by atoms with Gasteiger partial charge in [0.2, 0.25) is 0 Å². The number of nitrogens with zero attached hydrogens (tertiary/aromatic N) is 2. The number of methoxy groups -OCH3 is 2. The van der Waals surface area contributed by atoms with Gasteiger partial charge in [-0.2, -0.15) is 0 Å². The van der Waals surface area contributed by atoms with Gasteiger partial charge in [0.15, 0.2) is 11.5 Å². The molecule has 6 heteroatoms. The molecule has 124 valence electrons. The molecule has 2 aromatic heterocycles. The number of nitrogens with one attached hydrogen (secondary N) is 1. The Bertz CT molecular complexity index is 920. The SMILES string of the molecule is COc1cc2ncc3c(N)nc(C4CCCN4)cc3c2cc1OC. The lowest BCUT2D eigenvalue weighted by Crippen LogP contribution is -2.15. The van der Waals surface area contributed by atoms with Crippen LogP contribution in [0.2, 0.25) is 0 Å². The monoisotopic (exact) mass is 324 g/mol. The summed E-state index contributed by atoms with van der Waals surface area (Å²) in [6.45, 7) is 1.02. The van der Waals surface area contributed by atoms with Crippen LogP contribution < -0.4 is 20.5 Å². The van der Waals surface area contributed by atoms with Crippen LogP contribution in [-0.2, 0) is 0 Å². The number of ether oxygens (including phenoxy) is 2. The summed E-state index contributed by atoms with van der Waals surface area (Å²) in [5.41, 5.74) is 8.04. The van der Waals surface area contributed by atoms with Crippen LogP contribution in [0.5, 0.6) is 11.5 Å². The predicted octanol–water partition coefficient (Wildman–Crippen LogP) is 2.81. The van der Waals surface area contributed by atoms with E-state index >= 15 is 0 Å². The predicted molar refractivity (Wildman–Crippen MR) is 94.5 cm³/mol. The maximum Gasteiger partial charge on any atom is 0.162 e. The molecule has 1 saturated heterocycles. The van der Waals surface area contributed by atoms with Crippen LogP contribution in [0.4, 0.5) is 5.82 Å². The largest absolute Gasteiger partial charge is 0.493 e. The summed E-state index contributed by atoms with van der Waals surface area (Å²) < 4.78 is 10.8.